The summed E-state index contributed by atoms with van der Waals surface area (Å²) in [5, 5.41) is 0. The van der Waals surface area contributed by atoms with Crippen LogP contribution in [0.4, 0.5) is 0 Å². The van der Waals surface area contributed by atoms with Crippen molar-refractivity contribution in [3.8, 4) is 5.75 Å². The number of hydrogen-bond donors (Lipinski definition) is 0. The highest BCUT2D eigenvalue weighted by molar-refractivity contribution is 5.99. The fraction of sp³-hybridized carbons (Fsp3) is 0.400. The fourth-order valence-electron chi connectivity index (χ4n) is 2.06. The molecule has 2 nitrogen and oxygen atoms in total. The Bertz CT molecular complexity index is 446. The number of rotatable bonds is 4. The molecule has 0 amide bonds. The molecule has 0 saturated heterocycles. The van der Waals surface area contributed by atoms with Crippen LogP contribution in [0.5, 0.6) is 5.75 Å². The fourth-order valence-corrected chi connectivity index (χ4v) is 2.06. The van der Waals surface area contributed by atoms with Gasteiger partial charge in [-0.2, -0.15) is 0 Å². The first-order chi connectivity index (χ1) is 8.22. The van der Waals surface area contributed by atoms with Gasteiger partial charge in [0.15, 0.2) is 5.78 Å². The molecule has 0 spiro atoms. The Morgan fingerprint density at radius 1 is 1.41 bits per heavy atom. The summed E-state index contributed by atoms with van der Waals surface area (Å²) in [5.74, 6) is 1.09. The highest BCUT2D eigenvalue weighted by Gasteiger charge is 2.20. The molecule has 0 atom stereocenters. The lowest BCUT2D eigenvalue weighted by molar-refractivity contribution is 0.0971. The molecule has 1 aliphatic carbocycles. The van der Waals surface area contributed by atoms with Gasteiger partial charge in [0.05, 0.1) is 0 Å². The number of hydrogen-bond acceptors (Lipinski definition) is 2. The first-order valence-electron chi connectivity index (χ1n) is 6.17. The summed E-state index contributed by atoms with van der Waals surface area (Å²) in [4.78, 5) is 11.8. The zero-order valence-corrected chi connectivity index (χ0v) is 10.3. The number of ketones is 1. The lowest BCUT2D eigenvalue weighted by Crippen LogP contribution is -2.13. The van der Waals surface area contributed by atoms with E-state index in [1.807, 2.05) is 18.2 Å². The van der Waals surface area contributed by atoms with Crippen LogP contribution in [0.15, 0.2) is 30.4 Å². The summed E-state index contributed by atoms with van der Waals surface area (Å²) < 4.78 is 5.75. The Labute approximate surface area is 102 Å². The normalized spacial score (nSPS) is 14.3. The van der Waals surface area contributed by atoms with Crippen molar-refractivity contribution in [2.45, 2.75) is 32.6 Å². The van der Waals surface area contributed by atoms with E-state index in [2.05, 4.69) is 13.5 Å². The average Bonchev–Trinajstić information content (AvgIpc) is 2.36. The highest BCUT2D eigenvalue weighted by atomic mass is 16.5. The molecule has 17 heavy (non-hydrogen) atoms. The first kappa shape index (κ1) is 11.9. The zero-order valence-electron chi connectivity index (χ0n) is 10.3. The minimum atomic E-state index is 0.242. The molecular weight excluding hydrogens is 212 g/mol. The van der Waals surface area contributed by atoms with Gasteiger partial charge in [-0.25, -0.2) is 0 Å². The third-order valence-corrected chi connectivity index (χ3v) is 3.20. The maximum absolute atomic E-state index is 11.8. The van der Waals surface area contributed by atoms with Gasteiger partial charge in [0, 0.05) is 17.5 Å². The van der Waals surface area contributed by atoms with E-state index < -0.39 is 0 Å². The highest BCUT2D eigenvalue weighted by Crippen LogP contribution is 2.29. The van der Waals surface area contributed by atoms with Crippen LogP contribution in [0.2, 0.25) is 0 Å². The molecule has 1 aliphatic rings. The summed E-state index contributed by atoms with van der Waals surface area (Å²) in [7, 11) is 0. The summed E-state index contributed by atoms with van der Waals surface area (Å²) >= 11 is 0. The van der Waals surface area contributed by atoms with Gasteiger partial charge >= 0.3 is 0 Å². The van der Waals surface area contributed by atoms with Crippen LogP contribution in [0.3, 0.4) is 0 Å². The van der Waals surface area contributed by atoms with Crippen molar-refractivity contribution in [3.05, 3.63) is 41.5 Å². The zero-order chi connectivity index (χ0) is 12.3. The first-order valence-corrected chi connectivity index (χ1v) is 6.17. The van der Waals surface area contributed by atoms with E-state index >= 15 is 0 Å². The number of ether oxygens (including phenoxy) is 1. The molecule has 0 heterocycles. The molecular formula is C15H18O2. The van der Waals surface area contributed by atoms with Crippen LogP contribution in [0.25, 0.3) is 0 Å². The Morgan fingerprint density at radius 2 is 2.24 bits per heavy atom. The van der Waals surface area contributed by atoms with Crippen molar-refractivity contribution in [2.24, 2.45) is 0 Å². The van der Waals surface area contributed by atoms with Crippen molar-refractivity contribution >= 4 is 5.78 Å². The molecule has 0 fully saturated rings. The number of benzene rings is 1. The monoisotopic (exact) mass is 230 g/mol. The predicted octanol–water partition coefficient (Wildman–Crippen LogP) is 3.55. The van der Waals surface area contributed by atoms with Gasteiger partial charge in [0.25, 0.3) is 0 Å². The topological polar surface area (TPSA) is 26.3 Å². The Kier molecular flexibility index (Phi) is 3.62. The van der Waals surface area contributed by atoms with Crippen molar-refractivity contribution in [1.82, 2.24) is 0 Å². The van der Waals surface area contributed by atoms with E-state index in [0.29, 0.717) is 13.0 Å². The van der Waals surface area contributed by atoms with E-state index in [-0.39, 0.29) is 5.78 Å². The molecule has 2 rings (SSSR count). The Morgan fingerprint density at radius 3 is 3.00 bits per heavy atom. The van der Waals surface area contributed by atoms with E-state index in [0.717, 1.165) is 41.7 Å². The lowest BCUT2D eigenvalue weighted by Gasteiger charge is -2.18. The number of Topliss-reactive ketones (excluding diaryl/α,β-unsaturated/α-hetero) is 1. The van der Waals surface area contributed by atoms with Gasteiger partial charge in [-0.05, 0) is 30.9 Å². The Hall–Kier alpha value is -1.57. The summed E-state index contributed by atoms with van der Waals surface area (Å²) in [5.41, 5.74) is 2.99. The molecule has 0 radical (unpaired) electrons. The van der Waals surface area contributed by atoms with Crippen LogP contribution in [0.1, 0.15) is 42.1 Å². The maximum Gasteiger partial charge on any atom is 0.163 e. The average molecular weight is 230 g/mol. The van der Waals surface area contributed by atoms with Gasteiger partial charge < -0.3 is 4.74 Å². The number of carbonyl (C=O) groups is 1. The Balaban J connectivity index is 2.20. The number of carbonyl (C=O) groups excluding carboxylic acids is 1. The van der Waals surface area contributed by atoms with Crippen LogP contribution < -0.4 is 4.74 Å². The summed E-state index contributed by atoms with van der Waals surface area (Å²) in [6.07, 6.45) is 3.46. The molecule has 0 saturated carbocycles. The molecule has 0 bridgehead atoms. The molecule has 2 heteroatoms. The van der Waals surface area contributed by atoms with Gasteiger partial charge in [-0.3, -0.25) is 4.79 Å². The second-order valence-electron chi connectivity index (χ2n) is 4.45. The molecule has 90 valence electrons. The van der Waals surface area contributed by atoms with Crippen molar-refractivity contribution in [1.29, 1.82) is 0 Å². The second kappa shape index (κ2) is 5.17. The van der Waals surface area contributed by atoms with Crippen LogP contribution in [-0.4, -0.2) is 12.4 Å². The van der Waals surface area contributed by atoms with Crippen molar-refractivity contribution < 1.29 is 9.53 Å². The van der Waals surface area contributed by atoms with E-state index in [4.69, 9.17) is 4.74 Å². The smallest absolute Gasteiger partial charge is 0.163 e. The summed E-state index contributed by atoms with van der Waals surface area (Å²) in [6, 6.07) is 5.74. The molecule has 0 unspecified atom stereocenters. The lowest BCUT2D eigenvalue weighted by atomic mass is 9.90. The quantitative estimate of drug-likeness (QED) is 0.739. The van der Waals surface area contributed by atoms with Crippen LogP contribution in [0, 0.1) is 0 Å². The maximum atomic E-state index is 11.8. The van der Waals surface area contributed by atoms with Gasteiger partial charge in [-0.15, -0.1) is 0 Å². The second-order valence-corrected chi connectivity index (χ2v) is 4.45. The molecule has 0 N–H and O–H groups in total. The minimum absolute atomic E-state index is 0.242. The minimum Gasteiger partial charge on any atom is -0.489 e. The van der Waals surface area contributed by atoms with Crippen molar-refractivity contribution in [3.63, 3.8) is 0 Å². The standard InChI is InChI=1S/C15H18O2/c1-3-11(2)10-17-15-9-5-6-12-13(15)7-4-8-14(12)16/h5-6,9H,2-4,7-8,10H2,1H3. The largest absolute Gasteiger partial charge is 0.489 e. The van der Waals surface area contributed by atoms with Gasteiger partial charge in [-0.1, -0.05) is 25.6 Å². The number of fused-ring (bicyclic) bond motifs is 1. The molecule has 0 aromatic heterocycles. The van der Waals surface area contributed by atoms with Gasteiger partial charge in [0.1, 0.15) is 12.4 Å². The van der Waals surface area contributed by atoms with E-state index in [1.165, 1.54) is 0 Å². The molecule has 0 aliphatic heterocycles. The van der Waals surface area contributed by atoms with Gasteiger partial charge in [0.2, 0.25) is 0 Å². The summed E-state index contributed by atoms with van der Waals surface area (Å²) in [6.45, 7) is 6.53. The van der Waals surface area contributed by atoms with Crippen LogP contribution in [-0.2, 0) is 6.42 Å². The van der Waals surface area contributed by atoms with Crippen molar-refractivity contribution in [2.75, 3.05) is 6.61 Å². The third kappa shape index (κ3) is 2.57. The van der Waals surface area contributed by atoms with Crippen LogP contribution >= 0.6 is 0 Å². The SMILES string of the molecule is C=C(CC)COc1cccc2c1CCCC2=O. The predicted molar refractivity (Wildman–Crippen MR) is 68.6 cm³/mol. The molecule has 1 aromatic rings. The third-order valence-electron chi connectivity index (χ3n) is 3.20. The van der Waals surface area contributed by atoms with E-state index in [9.17, 15) is 4.79 Å². The molecule has 1 aromatic carbocycles. The van der Waals surface area contributed by atoms with E-state index in [1.54, 1.807) is 0 Å².